The first-order valence-corrected chi connectivity index (χ1v) is 8.91. The highest BCUT2D eigenvalue weighted by Gasteiger charge is 2.30. The summed E-state index contributed by atoms with van der Waals surface area (Å²) >= 11 is 5.68. The third kappa shape index (κ3) is 3.31. The summed E-state index contributed by atoms with van der Waals surface area (Å²) in [4.78, 5) is 5.92. The zero-order chi connectivity index (χ0) is 16.4. The Hall–Kier alpha value is -1.70. The first-order chi connectivity index (χ1) is 11.0. The average molecular weight is 356 g/mol. The molecule has 122 valence electrons. The van der Waals surface area contributed by atoms with Crippen LogP contribution in [-0.2, 0) is 10.0 Å². The molecule has 1 aromatic carbocycles. The third-order valence-corrected chi connectivity index (χ3v) is 5.89. The Labute approximate surface area is 139 Å². The molecule has 0 radical (unpaired) electrons. The minimum Gasteiger partial charge on any atom is -0.354 e. The fourth-order valence-corrected chi connectivity index (χ4v) is 4.15. The number of rotatable bonds is 3. The van der Waals surface area contributed by atoms with Crippen LogP contribution in [-0.4, -0.2) is 43.9 Å². The number of halogens is 2. The van der Waals surface area contributed by atoms with Gasteiger partial charge in [0, 0.05) is 37.4 Å². The molecule has 8 heteroatoms. The summed E-state index contributed by atoms with van der Waals surface area (Å²) < 4.78 is 40.4. The molecular formula is C15H15ClFN3O2S. The number of hydrogen-bond donors (Lipinski definition) is 0. The Morgan fingerprint density at radius 3 is 2.43 bits per heavy atom. The molecule has 0 amide bonds. The highest BCUT2D eigenvalue weighted by molar-refractivity contribution is 7.89. The molecule has 3 rings (SSSR count). The number of benzene rings is 1. The predicted octanol–water partition coefficient (Wildman–Crippen LogP) is 2.39. The van der Waals surface area contributed by atoms with Crippen molar-refractivity contribution in [2.45, 2.75) is 4.90 Å². The van der Waals surface area contributed by atoms with Gasteiger partial charge in [0.25, 0.3) is 0 Å². The lowest BCUT2D eigenvalue weighted by molar-refractivity contribution is 0.381. The third-order valence-electron chi connectivity index (χ3n) is 3.72. The molecule has 1 aliphatic rings. The smallest absolute Gasteiger partial charge is 0.246 e. The quantitative estimate of drug-likeness (QED) is 0.848. The lowest BCUT2D eigenvalue weighted by Crippen LogP contribution is -2.49. The van der Waals surface area contributed by atoms with Crippen LogP contribution in [0.25, 0.3) is 0 Å². The molecule has 0 aliphatic carbocycles. The zero-order valence-electron chi connectivity index (χ0n) is 12.2. The number of piperazine rings is 1. The van der Waals surface area contributed by atoms with Crippen LogP contribution in [0, 0.1) is 5.82 Å². The normalized spacial score (nSPS) is 16.5. The standard InChI is InChI=1S/C15H15ClFN3O2S/c16-12-4-5-14(13(17)11-12)23(21,22)20-9-7-19(8-10-20)15-3-1-2-6-18-15/h1-6,11H,7-10H2. The van der Waals surface area contributed by atoms with Crippen molar-refractivity contribution in [3.05, 3.63) is 53.4 Å². The Morgan fingerprint density at radius 1 is 1.09 bits per heavy atom. The molecule has 2 heterocycles. The van der Waals surface area contributed by atoms with E-state index in [1.807, 2.05) is 23.1 Å². The van der Waals surface area contributed by atoms with Crippen LogP contribution in [0.15, 0.2) is 47.5 Å². The van der Waals surface area contributed by atoms with Crippen LogP contribution < -0.4 is 4.90 Å². The van der Waals surface area contributed by atoms with Gasteiger partial charge in [0.2, 0.25) is 10.0 Å². The maximum Gasteiger partial charge on any atom is 0.246 e. The molecule has 0 saturated carbocycles. The second-order valence-electron chi connectivity index (χ2n) is 5.15. The molecule has 0 N–H and O–H groups in total. The summed E-state index contributed by atoms with van der Waals surface area (Å²) in [5, 5.41) is 0.168. The largest absolute Gasteiger partial charge is 0.354 e. The number of pyridine rings is 1. The monoisotopic (exact) mass is 355 g/mol. The van der Waals surface area contributed by atoms with E-state index in [9.17, 15) is 12.8 Å². The summed E-state index contributed by atoms with van der Waals surface area (Å²) in [6, 6.07) is 9.18. The molecular weight excluding hydrogens is 341 g/mol. The lowest BCUT2D eigenvalue weighted by atomic mass is 10.3. The highest BCUT2D eigenvalue weighted by Crippen LogP contribution is 2.24. The number of aromatic nitrogens is 1. The molecule has 2 aromatic rings. The van der Waals surface area contributed by atoms with Crippen molar-refractivity contribution in [1.29, 1.82) is 0 Å². The topological polar surface area (TPSA) is 53.5 Å². The Balaban J connectivity index is 1.76. The van der Waals surface area contributed by atoms with Gasteiger partial charge in [-0.1, -0.05) is 17.7 Å². The van der Waals surface area contributed by atoms with Gasteiger partial charge in [-0.25, -0.2) is 17.8 Å². The second kappa shape index (κ2) is 6.43. The second-order valence-corrected chi connectivity index (χ2v) is 7.50. The van der Waals surface area contributed by atoms with Crippen LogP contribution in [0.3, 0.4) is 0 Å². The Morgan fingerprint density at radius 2 is 1.83 bits per heavy atom. The highest BCUT2D eigenvalue weighted by atomic mass is 35.5. The van der Waals surface area contributed by atoms with E-state index in [2.05, 4.69) is 4.98 Å². The SMILES string of the molecule is O=S(=O)(c1ccc(Cl)cc1F)N1CCN(c2ccccn2)CC1. The molecule has 1 fully saturated rings. The van der Waals surface area contributed by atoms with E-state index in [4.69, 9.17) is 11.6 Å². The van der Waals surface area contributed by atoms with Gasteiger partial charge in [-0.3, -0.25) is 0 Å². The molecule has 5 nitrogen and oxygen atoms in total. The number of hydrogen-bond acceptors (Lipinski definition) is 4. The Bertz CT molecular complexity index is 794. The zero-order valence-corrected chi connectivity index (χ0v) is 13.8. The van der Waals surface area contributed by atoms with Gasteiger partial charge in [-0.2, -0.15) is 4.31 Å². The molecule has 1 aliphatic heterocycles. The van der Waals surface area contributed by atoms with Gasteiger partial charge in [-0.05, 0) is 30.3 Å². The van der Waals surface area contributed by atoms with Gasteiger partial charge in [0.15, 0.2) is 0 Å². The van der Waals surface area contributed by atoms with E-state index in [0.29, 0.717) is 13.1 Å². The molecule has 0 unspecified atom stereocenters. The van der Waals surface area contributed by atoms with Gasteiger partial charge >= 0.3 is 0 Å². The molecule has 1 saturated heterocycles. The fourth-order valence-electron chi connectivity index (χ4n) is 2.52. The number of anilines is 1. The van der Waals surface area contributed by atoms with Crippen LogP contribution >= 0.6 is 11.6 Å². The van der Waals surface area contributed by atoms with E-state index in [1.54, 1.807) is 6.20 Å². The van der Waals surface area contributed by atoms with Crippen LogP contribution in [0.4, 0.5) is 10.2 Å². The lowest BCUT2D eigenvalue weighted by Gasteiger charge is -2.34. The molecule has 0 spiro atoms. The summed E-state index contributed by atoms with van der Waals surface area (Å²) in [6.07, 6.45) is 1.70. The van der Waals surface area contributed by atoms with E-state index in [1.165, 1.54) is 16.4 Å². The van der Waals surface area contributed by atoms with Crippen molar-refractivity contribution in [1.82, 2.24) is 9.29 Å². The van der Waals surface area contributed by atoms with Crippen molar-refractivity contribution in [3.63, 3.8) is 0 Å². The van der Waals surface area contributed by atoms with Crippen LogP contribution in [0.1, 0.15) is 0 Å². The van der Waals surface area contributed by atoms with Crippen molar-refractivity contribution in [3.8, 4) is 0 Å². The Kier molecular flexibility index (Phi) is 4.52. The van der Waals surface area contributed by atoms with E-state index in [-0.39, 0.29) is 23.0 Å². The van der Waals surface area contributed by atoms with Gasteiger partial charge in [0.05, 0.1) is 0 Å². The summed E-state index contributed by atoms with van der Waals surface area (Å²) in [6.45, 7) is 1.57. The van der Waals surface area contributed by atoms with Crippen LogP contribution in [0.5, 0.6) is 0 Å². The first kappa shape index (κ1) is 16.2. The fraction of sp³-hybridized carbons (Fsp3) is 0.267. The summed E-state index contributed by atoms with van der Waals surface area (Å²) in [5.74, 6) is -0.0214. The molecule has 0 atom stereocenters. The minimum absolute atomic E-state index is 0.168. The van der Waals surface area contributed by atoms with Gasteiger partial charge in [-0.15, -0.1) is 0 Å². The van der Waals surface area contributed by atoms with Crippen molar-refractivity contribution >= 4 is 27.4 Å². The average Bonchev–Trinajstić information content (AvgIpc) is 2.55. The molecule has 23 heavy (non-hydrogen) atoms. The van der Waals surface area contributed by atoms with E-state index in [0.717, 1.165) is 11.9 Å². The summed E-state index contributed by atoms with van der Waals surface area (Å²) in [7, 11) is -3.86. The van der Waals surface area contributed by atoms with Crippen LogP contribution in [0.2, 0.25) is 5.02 Å². The number of nitrogens with zero attached hydrogens (tertiary/aromatic N) is 3. The van der Waals surface area contributed by atoms with Gasteiger partial charge < -0.3 is 4.90 Å². The summed E-state index contributed by atoms with van der Waals surface area (Å²) in [5.41, 5.74) is 0. The van der Waals surface area contributed by atoms with Crippen molar-refractivity contribution < 1.29 is 12.8 Å². The maximum atomic E-state index is 13.9. The van der Waals surface area contributed by atoms with Crippen molar-refractivity contribution in [2.24, 2.45) is 0 Å². The molecule has 0 bridgehead atoms. The number of sulfonamides is 1. The maximum absolute atomic E-state index is 13.9. The van der Waals surface area contributed by atoms with E-state index < -0.39 is 15.8 Å². The predicted molar refractivity (Wildman–Crippen MR) is 86.6 cm³/mol. The minimum atomic E-state index is -3.86. The van der Waals surface area contributed by atoms with Crippen molar-refractivity contribution in [2.75, 3.05) is 31.1 Å². The first-order valence-electron chi connectivity index (χ1n) is 7.10. The van der Waals surface area contributed by atoms with E-state index >= 15 is 0 Å². The van der Waals surface area contributed by atoms with Gasteiger partial charge in [0.1, 0.15) is 16.5 Å². The molecule has 1 aromatic heterocycles.